The van der Waals surface area contributed by atoms with Gasteiger partial charge in [0, 0.05) is 22.4 Å². The van der Waals surface area contributed by atoms with E-state index in [9.17, 15) is 14.0 Å². The second kappa shape index (κ2) is 12.0. The summed E-state index contributed by atoms with van der Waals surface area (Å²) < 4.78 is 28.5. The molecule has 1 atom stereocenters. The van der Waals surface area contributed by atoms with Crippen LogP contribution in [-0.2, 0) is 9.53 Å². The van der Waals surface area contributed by atoms with Gasteiger partial charge in [0.2, 0.25) is 0 Å². The number of nitrogens with zero attached hydrogens (tertiary/aromatic N) is 1. The second-order valence-corrected chi connectivity index (χ2v) is 10.7. The highest BCUT2D eigenvalue weighted by atomic mass is 35.5. The van der Waals surface area contributed by atoms with Crippen LogP contribution < -0.4 is 9.46 Å². The van der Waals surface area contributed by atoms with Crippen LogP contribution in [0.4, 0.5) is 4.39 Å². The van der Waals surface area contributed by atoms with Crippen LogP contribution in [0.25, 0.3) is 0 Å². The van der Waals surface area contributed by atoms with Crippen LogP contribution in [0.2, 0.25) is 10.0 Å². The lowest BCUT2D eigenvalue weighted by Gasteiger charge is -2.36. The van der Waals surface area contributed by atoms with Crippen molar-refractivity contribution in [2.45, 2.75) is 37.6 Å². The summed E-state index contributed by atoms with van der Waals surface area (Å²) in [6.45, 7) is 1.76. The number of hydrogen-bond donors (Lipinski definition) is 1. The molecule has 1 N–H and O–H groups in total. The summed E-state index contributed by atoms with van der Waals surface area (Å²) in [5.41, 5.74) is 1.63. The molecule has 2 aromatic rings. The molecule has 0 radical (unpaired) electrons. The third-order valence-corrected chi connectivity index (χ3v) is 7.50. The molecule has 2 aromatic carbocycles. The zero-order valence-electron chi connectivity index (χ0n) is 20.2. The van der Waals surface area contributed by atoms with Crippen LogP contribution in [0.5, 0.6) is 5.75 Å². The molecule has 2 fully saturated rings. The Kier molecular flexibility index (Phi) is 9.04. The molecule has 1 saturated carbocycles. The van der Waals surface area contributed by atoms with Gasteiger partial charge >= 0.3 is 5.97 Å². The number of amides is 1. The van der Waals surface area contributed by atoms with E-state index >= 15 is 0 Å². The fourth-order valence-electron chi connectivity index (χ4n) is 4.66. The molecule has 0 aromatic heterocycles. The third kappa shape index (κ3) is 6.46. The minimum absolute atomic E-state index is 0.0434. The smallest absolute Gasteiger partial charge is 0.327 e. The first-order valence-electron chi connectivity index (χ1n) is 11.9. The molecule has 4 rings (SSSR count). The van der Waals surface area contributed by atoms with Crippen molar-refractivity contribution in [3.63, 3.8) is 0 Å². The lowest BCUT2D eigenvalue weighted by Crippen LogP contribution is -2.41. The minimum Gasteiger partial charge on any atom is -0.493 e. The summed E-state index contributed by atoms with van der Waals surface area (Å²) in [5.74, 6) is -0.332. The Bertz CT molecular complexity index is 1100. The standard InChI is InChI=1S/C26H29Cl2FN2O4S/c1-34-26(33)24(17-9-18(27)11-19(28)10-17)31-7-5-15(6-8-31)14-35-23-13-22(29)21(25(32)30-36-2)12-20(23)16-3-4-16/h9-13,15-16,24H,3-8,14H2,1-2H3,(H,30,32). The third-order valence-electron chi connectivity index (χ3n) is 6.67. The number of piperidine rings is 1. The van der Waals surface area contributed by atoms with Crippen molar-refractivity contribution >= 4 is 47.0 Å². The van der Waals surface area contributed by atoms with E-state index in [2.05, 4.69) is 9.62 Å². The summed E-state index contributed by atoms with van der Waals surface area (Å²) in [5, 5.41) is 0.927. The fraction of sp³-hybridized carbons (Fsp3) is 0.462. The second-order valence-electron chi connectivity index (χ2n) is 9.20. The molecule has 1 heterocycles. The first kappa shape index (κ1) is 27.0. The minimum atomic E-state index is -0.594. The molecule has 1 amide bonds. The number of methoxy groups -OCH3 is 1. The molecule has 194 valence electrons. The predicted molar refractivity (Wildman–Crippen MR) is 140 cm³/mol. The predicted octanol–water partition coefficient (Wildman–Crippen LogP) is 6.02. The van der Waals surface area contributed by atoms with Crippen molar-refractivity contribution < 1.29 is 23.5 Å². The average Bonchev–Trinajstić information content (AvgIpc) is 3.68. The maximum Gasteiger partial charge on any atom is 0.327 e. The molecular weight excluding hydrogens is 526 g/mol. The molecule has 1 aliphatic carbocycles. The van der Waals surface area contributed by atoms with Crippen molar-refractivity contribution in [2.24, 2.45) is 5.92 Å². The number of rotatable bonds is 9. The largest absolute Gasteiger partial charge is 0.493 e. The van der Waals surface area contributed by atoms with Gasteiger partial charge in [0.1, 0.15) is 17.6 Å². The Morgan fingerprint density at radius 3 is 2.36 bits per heavy atom. The van der Waals surface area contributed by atoms with E-state index in [1.807, 2.05) is 0 Å². The highest BCUT2D eigenvalue weighted by Gasteiger charge is 2.33. The summed E-state index contributed by atoms with van der Waals surface area (Å²) in [6, 6.07) is 7.48. The first-order valence-corrected chi connectivity index (χ1v) is 13.9. The summed E-state index contributed by atoms with van der Waals surface area (Å²) >= 11 is 13.5. The SMILES string of the molecule is COC(=O)C(c1cc(Cl)cc(Cl)c1)N1CCC(COc2cc(F)c(C(=O)NSC)cc2C2CC2)CC1. The Labute approximate surface area is 224 Å². The lowest BCUT2D eigenvalue weighted by molar-refractivity contribution is -0.148. The normalized spacial score (nSPS) is 17.5. The molecule has 1 saturated heterocycles. The Morgan fingerprint density at radius 1 is 1.11 bits per heavy atom. The number of benzene rings is 2. The van der Waals surface area contributed by atoms with Crippen molar-refractivity contribution in [2.75, 3.05) is 33.1 Å². The van der Waals surface area contributed by atoms with Gasteiger partial charge in [-0.25, -0.2) is 9.18 Å². The van der Waals surface area contributed by atoms with Gasteiger partial charge in [-0.05, 0) is 86.0 Å². The van der Waals surface area contributed by atoms with Crippen LogP contribution in [0, 0.1) is 11.7 Å². The first-order chi connectivity index (χ1) is 17.3. The van der Waals surface area contributed by atoms with E-state index in [-0.39, 0.29) is 17.5 Å². The number of carbonyl (C=O) groups excluding carboxylic acids is 2. The highest BCUT2D eigenvalue weighted by molar-refractivity contribution is 7.97. The molecule has 1 aliphatic heterocycles. The molecule has 0 spiro atoms. The maximum atomic E-state index is 14.7. The molecule has 10 heteroatoms. The molecule has 0 bridgehead atoms. The van der Waals surface area contributed by atoms with Gasteiger partial charge in [-0.15, -0.1) is 0 Å². The van der Waals surface area contributed by atoms with E-state index in [0.717, 1.165) is 43.2 Å². The van der Waals surface area contributed by atoms with Gasteiger partial charge in [0.05, 0.1) is 19.3 Å². The van der Waals surface area contributed by atoms with Crippen molar-refractivity contribution in [3.05, 3.63) is 62.9 Å². The molecule has 1 unspecified atom stereocenters. The van der Waals surface area contributed by atoms with Gasteiger partial charge in [-0.3, -0.25) is 14.4 Å². The van der Waals surface area contributed by atoms with Gasteiger partial charge in [0.25, 0.3) is 5.91 Å². The Hall–Kier alpha value is -2.00. The van der Waals surface area contributed by atoms with Crippen LogP contribution in [0.3, 0.4) is 0 Å². The summed E-state index contributed by atoms with van der Waals surface area (Å²) in [7, 11) is 1.37. The van der Waals surface area contributed by atoms with Crippen molar-refractivity contribution in [1.82, 2.24) is 9.62 Å². The fourth-order valence-corrected chi connectivity index (χ4v) is 5.50. The van der Waals surface area contributed by atoms with Gasteiger partial charge in [0.15, 0.2) is 0 Å². The van der Waals surface area contributed by atoms with Crippen LogP contribution in [0.1, 0.15) is 59.1 Å². The van der Waals surface area contributed by atoms with Gasteiger partial charge in [-0.1, -0.05) is 35.1 Å². The summed E-state index contributed by atoms with van der Waals surface area (Å²) in [4.78, 5) is 26.9. The number of likely N-dealkylation sites (tertiary alicyclic amines) is 1. The van der Waals surface area contributed by atoms with E-state index in [0.29, 0.717) is 47.0 Å². The number of ether oxygens (including phenoxy) is 2. The number of carbonyl (C=O) groups is 2. The molecule has 2 aliphatic rings. The number of nitrogens with one attached hydrogen (secondary N) is 1. The van der Waals surface area contributed by atoms with Gasteiger partial charge in [-0.2, -0.15) is 0 Å². The topological polar surface area (TPSA) is 67.9 Å². The van der Waals surface area contributed by atoms with E-state index in [1.54, 1.807) is 30.5 Å². The Balaban J connectivity index is 1.41. The van der Waals surface area contributed by atoms with Crippen molar-refractivity contribution in [1.29, 1.82) is 0 Å². The average molecular weight is 555 g/mol. The number of hydrogen-bond acceptors (Lipinski definition) is 6. The quantitative estimate of drug-likeness (QED) is 0.302. The summed E-state index contributed by atoms with van der Waals surface area (Å²) in [6.07, 6.45) is 5.34. The molecule has 36 heavy (non-hydrogen) atoms. The lowest BCUT2D eigenvalue weighted by atomic mass is 9.94. The zero-order chi connectivity index (χ0) is 25.8. The van der Waals surface area contributed by atoms with E-state index in [1.165, 1.54) is 13.2 Å². The van der Waals surface area contributed by atoms with E-state index in [4.69, 9.17) is 32.7 Å². The molecular formula is C26H29Cl2FN2O4S. The van der Waals surface area contributed by atoms with E-state index < -0.39 is 17.8 Å². The molecule has 6 nitrogen and oxygen atoms in total. The highest BCUT2D eigenvalue weighted by Crippen LogP contribution is 2.45. The zero-order valence-corrected chi connectivity index (χ0v) is 22.5. The Morgan fingerprint density at radius 2 is 1.78 bits per heavy atom. The number of halogens is 3. The maximum absolute atomic E-state index is 14.7. The van der Waals surface area contributed by atoms with Gasteiger partial charge < -0.3 is 9.47 Å². The van der Waals surface area contributed by atoms with Crippen LogP contribution in [-0.4, -0.2) is 49.8 Å². The van der Waals surface area contributed by atoms with Crippen molar-refractivity contribution in [3.8, 4) is 5.75 Å². The monoisotopic (exact) mass is 554 g/mol. The van der Waals surface area contributed by atoms with Crippen LogP contribution >= 0.6 is 35.1 Å². The number of esters is 1. The van der Waals surface area contributed by atoms with Crippen LogP contribution in [0.15, 0.2) is 30.3 Å².